The normalized spacial score (nSPS) is 12.3. The molecular weight excluding hydrogens is 518 g/mol. The first-order chi connectivity index (χ1) is 20.4. The highest BCUT2D eigenvalue weighted by Crippen LogP contribution is 2.24. The minimum atomic E-state index is -0.518. The third-order valence-corrected chi connectivity index (χ3v) is 8.17. The summed E-state index contributed by atoms with van der Waals surface area (Å²) in [5.74, 6) is 0.715. The van der Waals surface area contributed by atoms with Gasteiger partial charge in [0.25, 0.3) is 0 Å². The lowest BCUT2D eigenvalue weighted by molar-refractivity contribution is -0.903. The molecule has 0 heterocycles. The Kier molecular flexibility index (Phi) is 19.0. The molecule has 4 heteroatoms. The van der Waals surface area contributed by atoms with E-state index in [0.717, 1.165) is 49.0 Å². The van der Waals surface area contributed by atoms with E-state index in [-0.39, 0.29) is 5.97 Å². The van der Waals surface area contributed by atoms with Crippen LogP contribution in [-0.2, 0) is 22.5 Å². The van der Waals surface area contributed by atoms with Crippen LogP contribution in [0.5, 0.6) is 5.75 Å². The molecule has 0 saturated carbocycles. The largest absolute Gasteiger partial charge is 0.455 e. The predicted molar refractivity (Wildman–Crippen MR) is 178 cm³/mol. The number of hydrogen-bond donors (Lipinski definition) is 0. The van der Waals surface area contributed by atoms with Crippen LogP contribution in [0.2, 0.25) is 0 Å². The van der Waals surface area contributed by atoms with Gasteiger partial charge in [-0.25, -0.2) is 0 Å². The number of carbonyl (C=O) groups excluding carboxylic acids is 1. The van der Waals surface area contributed by atoms with Gasteiger partial charge in [-0.1, -0.05) is 133 Å². The van der Waals surface area contributed by atoms with E-state index < -0.39 is 6.29 Å². The van der Waals surface area contributed by atoms with Gasteiger partial charge < -0.3 is 14.0 Å². The smallest absolute Gasteiger partial charge is 0.308 e. The molecule has 0 aliphatic heterocycles. The first-order valence-electron chi connectivity index (χ1n) is 17.2. The quantitative estimate of drug-likeness (QED) is 0.0507. The summed E-state index contributed by atoms with van der Waals surface area (Å²) in [7, 11) is 4.51. The fourth-order valence-corrected chi connectivity index (χ4v) is 5.67. The number of para-hydroxylation sites is 1. The number of carbonyl (C=O) groups is 1. The zero-order chi connectivity index (χ0) is 30.3. The number of quaternary nitrogens is 1. The summed E-state index contributed by atoms with van der Waals surface area (Å²) in [6.07, 6.45) is 20.6. The van der Waals surface area contributed by atoms with E-state index in [9.17, 15) is 4.79 Å². The van der Waals surface area contributed by atoms with Gasteiger partial charge in [0.15, 0.2) is 0 Å². The molecule has 0 aliphatic rings. The minimum absolute atomic E-state index is 0.153. The van der Waals surface area contributed by atoms with E-state index in [1.807, 2.05) is 12.1 Å². The van der Waals surface area contributed by atoms with E-state index in [4.69, 9.17) is 9.47 Å². The highest BCUT2D eigenvalue weighted by atomic mass is 16.7. The number of aryl methyl sites for hydroxylation is 1. The molecule has 0 bridgehead atoms. The standard InChI is InChI=1S/C38H62NO3/c1-5-7-8-9-10-11-12-13-14-15-16-20-28-35-29-21-22-30-36(35)41-38(25-6-2)42-37(40)31-23-24-32-39(3,4)33-34-26-18-17-19-27-34/h17-19,21-22,26-27,29-30,38H,5-16,20,23-25,28,31-33H2,1-4H3/q+1. The van der Waals surface area contributed by atoms with Crippen molar-refractivity contribution in [3.05, 3.63) is 65.7 Å². The molecule has 42 heavy (non-hydrogen) atoms. The third-order valence-electron chi connectivity index (χ3n) is 8.17. The Labute approximate surface area is 258 Å². The first kappa shape index (κ1) is 35.9. The molecule has 0 fully saturated rings. The molecule has 2 aromatic carbocycles. The van der Waals surface area contributed by atoms with Crippen molar-refractivity contribution >= 4 is 5.97 Å². The molecule has 2 rings (SSSR count). The van der Waals surface area contributed by atoms with Crippen molar-refractivity contribution in [3.8, 4) is 5.75 Å². The van der Waals surface area contributed by atoms with Crippen LogP contribution >= 0.6 is 0 Å². The number of nitrogens with zero attached hydrogens (tertiary/aromatic N) is 1. The van der Waals surface area contributed by atoms with Crippen LogP contribution in [0.25, 0.3) is 0 Å². The van der Waals surface area contributed by atoms with Crippen molar-refractivity contribution < 1.29 is 18.8 Å². The van der Waals surface area contributed by atoms with Crippen LogP contribution in [0.1, 0.15) is 134 Å². The van der Waals surface area contributed by atoms with Gasteiger partial charge >= 0.3 is 5.97 Å². The fourth-order valence-electron chi connectivity index (χ4n) is 5.67. The average molecular weight is 581 g/mol. The molecule has 0 N–H and O–H groups in total. The van der Waals surface area contributed by atoms with E-state index in [1.165, 1.54) is 88.2 Å². The Morgan fingerprint density at radius 1 is 0.690 bits per heavy atom. The van der Waals surface area contributed by atoms with Gasteiger partial charge in [-0.15, -0.1) is 0 Å². The summed E-state index contributed by atoms with van der Waals surface area (Å²) in [5.41, 5.74) is 2.57. The van der Waals surface area contributed by atoms with E-state index in [2.05, 4.69) is 70.4 Å². The Morgan fingerprint density at radius 2 is 1.29 bits per heavy atom. The van der Waals surface area contributed by atoms with Crippen molar-refractivity contribution in [3.63, 3.8) is 0 Å². The molecule has 0 aromatic heterocycles. The van der Waals surface area contributed by atoms with Crippen LogP contribution in [0.15, 0.2) is 54.6 Å². The lowest BCUT2D eigenvalue weighted by Crippen LogP contribution is -2.39. The Hall–Kier alpha value is -2.33. The van der Waals surface area contributed by atoms with Crippen molar-refractivity contribution in [2.45, 2.75) is 142 Å². The second kappa shape index (κ2) is 22.2. The van der Waals surface area contributed by atoms with Crippen LogP contribution < -0.4 is 4.74 Å². The number of unbranched alkanes of at least 4 members (excludes halogenated alkanes) is 12. The molecule has 1 atom stereocenters. The minimum Gasteiger partial charge on any atom is -0.455 e. The summed E-state index contributed by atoms with van der Waals surface area (Å²) in [6.45, 7) is 6.42. The van der Waals surface area contributed by atoms with Gasteiger partial charge in [-0.05, 0) is 43.7 Å². The summed E-state index contributed by atoms with van der Waals surface area (Å²) in [5, 5.41) is 0. The van der Waals surface area contributed by atoms with E-state index in [1.54, 1.807) is 0 Å². The molecule has 2 aromatic rings. The summed E-state index contributed by atoms with van der Waals surface area (Å²) >= 11 is 0. The third kappa shape index (κ3) is 16.9. The second-order valence-electron chi connectivity index (χ2n) is 12.8. The molecular formula is C38H62NO3+. The first-order valence-corrected chi connectivity index (χ1v) is 17.2. The maximum Gasteiger partial charge on any atom is 0.308 e. The van der Waals surface area contributed by atoms with Gasteiger partial charge in [-0.3, -0.25) is 4.79 Å². The number of benzene rings is 2. The van der Waals surface area contributed by atoms with Crippen LogP contribution in [0, 0.1) is 0 Å². The monoisotopic (exact) mass is 580 g/mol. The lowest BCUT2D eigenvalue weighted by Gasteiger charge is -2.30. The van der Waals surface area contributed by atoms with Crippen molar-refractivity contribution in [1.82, 2.24) is 0 Å². The molecule has 0 spiro atoms. The zero-order valence-electron chi connectivity index (χ0n) is 27.6. The summed E-state index contributed by atoms with van der Waals surface area (Å²) in [4.78, 5) is 12.7. The number of ether oxygens (including phenoxy) is 2. The van der Waals surface area contributed by atoms with E-state index in [0.29, 0.717) is 12.8 Å². The highest BCUT2D eigenvalue weighted by molar-refractivity contribution is 5.69. The maximum absolute atomic E-state index is 12.7. The van der Waals surface area contributed by atoms with Crippen molar-refractivity contribution in [1.29, 1.82) is 0 Å². The van der Waals surface area contributed by atoms with Crippen LogP contribution in [0.4, 0.5) is 0 Å². The average Bonchev–Trinajstić information content (AvgIpc) is 2.97. The van der Waals surface area contributed by atoms with E-state index >= 15 is 0 Å². The number of hydrogen-bond acceptors (Lipinski definition) is 3. The molecule has 236 valence electrons. The molecule has 0 saturated heterocycles. The lowest BCUT2D eigenvalue weighted by atomic mass is 10.0. The fraction of sp³-hybridized carbons (Fsp3) is 0.658. The Balaban J connectivity index is 1.66. The van der Waals surface area contributed by atoms with Crippen LogP contribution in [0.3, 0.4) is 0 Å². The number of esters is 1. The molecule has 4 nitrogen and oxygen atoms in total. The summed E-state index contributed by atoms with van der Waals surface area (Å²) in [6, 6.07) is 18.9. The van der Waals surface area contributed by atoms with Gasteiger partial charge in [-0.2, -0.15) is 0 Å². The van der Waals surface area contributed by atoms with Crippen molar-refractivity contribution in [2.24, 2.45) is 0 Å². The van der Waals surface area contributed by atoms with Crippen LogP contribution in [-0.4, -0.2) is 37.4 Å². The highest BCUT2D eigenvalue weighted by Gasteiger charge is 2.19. The van der Waals surface area contributed by atoms with Gasteiger partial charge in [0.05, 0.1) is 20.6 Å². The molecule has 0 radical (unpaired) electrons. The second-order valence-corrected chi connectivity index (χ2v) is 12.8. The predicted octanol–water partition coefficient (Wildman–Crippen LogP) is 10.4. The Bertz CT molecular complexity index is 942. The molecule has 0 amide bonds. The summed E-state index contributed by atoms with van der Waals surface area (Å²) < 4.78 is 13.0. The van der Waals surface area contributed by atoms with Gasteiger partial charge in [0, 0.05) is 18.4 Å². The maximum atomic E-state index is 12.7. The Morgan fingerprint density at radius 3 is 1.93 bits per heavy atom. The van der Waals surface area contributed by atoms with Gasteiger partial charge in [0.2, 0.25) is 6.29 Å². The zero-order valence-corrected chi connectivity index (χ0v) is 27.6. The SMILES string of the molecule is CCCCCCCCCCCCCCc1ccccc1OC(CCC)OC(=O)CCCC[N+](C)(C)Cc1ccccc1. The van der Waals surface area contributed by atoms with Crippen molar-refractivity contribution in [2.75, 3.05) is 20.6 Å². The molecule has 0 aliphatic carbocycles. The number of rotatable bonds is 25. The molecule has 1 unspecified atom stereocenters. The topological polar surface area (TPSA) is 35.5 Å². The van der Waals surface area contributed by atoms with Gasteiger partial charge in [0.1, 0.15) is 12.3 Å².